The van der Waals surface area contributed by atoms with Crippen LogP contribution in [0.5, 0.6) is 0 Å². The molecule has 0 atom stereocenters. The van der Waals surface area contributed by atoms with Crippen LogP contribution in [-0.2, 0) is 0 Å². The van der Waals surface area contributed by atoms with Gasteiger partial charge >= 0.3 is 0 Å². The first-order valence-electron chi connectivity index (χ1n) is 6.68. The van der Waals surface area contributed by atoms with E-state index < -0.39 is 0 Å². The summed E-state index contributed by atoms with van der Waals surface area (Å²) < 4.78 is 0. The first-order valence-corrected chi connectivity index (χ1v) is 6.68. The number of benzene rings is 2. The molecule has 0 radical (unpaired) electrons. The van der Waals surface area contributed by atoms with Gasteiger partial charge in [0.25, 0.3) is 0 Å². The summed E-state index contributed by atoms with van der Waals surface area (Å²) >= 11 is 0. The highest BCUT2D eigenvalue weighted by molar-refractivity contribution is 5.67. The number of aryl methyl sites for hydroxylation is 2. The molecule has 98 valence electrons. The third-order valence-electron chi connectivity index (χ3n) is 3.33. The summed E-state index contributed by atoms with van der Waals surface area (Å²) in [6.07, 6.45) is 1.63. The minimum atomic E-state index is 0.955. The molecule has 3 rings (SSSR count). The highest BCUT2D eigenvalue weighted by Gasteiger charge is 2.04. The van der Waals surface area contributed by atoms with E-state index in [9.17, 15) is 0 Å². The highest BCUT2D eigenvalue weighted by Crippen LogP contribution is 2.23. The summed E-state index contributed by atoms with van der Waals surface area (Å²) in [5.74, 6) is 0. The summed E-state index contributed by atoms with van der Waals surface area (Å²) in [4.78, 5) is 8.76. The van der Waals surface area contributed by atoms with Crippen molar-refractivity contribution in [2.24, 2.45) is 0 Å². The summed E-state index contributed by atoms with van der Waals surface area (Å²) in [5, 5.41) is 0. The molecule has 0 saturated carbocycles. The predicted molar refractivity (Wildman–Crippen MR) is 82.4 cm³/mol. The van der Waals surface area contributed by atoms with E-state index in [0.717, 1.165) is 22.5 Å². The van der Waals surface area contributed by atoms with Crippen molar-refractivity contribution in [2.75, 3.05) is 0 Å². The van der Waals surface area contributed by atoms with Gasteiger partial charge in [-0.25, -0.2) is 9.97 Å². The minimum absolute atomic E-state index is 0.955. The van der Waals surface area contributed by atoms with E-state index in [1.807, 2.05) is 6.07 Å². The Balaban J connectivity index is 2.03. The third-order valence-corrected chi connectivity index (χ3v) is 3.33. The van der Waals surface area contributed by atoms with Crippen molar-refractivity contribution in [3.05, 3.63) is 72.1 Å². The quantitative estimate of drug-likeness (QED) is 0.681. The van der Waals surface area contributed by atoms with Crippen LogP contribution in [0.25, 0.3) is 22.5 Å². The zero-order valence-electron chi connectivity index (χ0n) is 11.7. The summed E-state index contributed by atoms with van der Waals surface area (Å²) in [6.45, 7) is 4.17. The number of rotatable bonds is 2. The monoisotopic (exact) mass is 260 g/mol. The lowest BCUT2D eigenvalue weighted by molar-refractivity contribution is 1.17. The molecular formula is C18H16N2. The third kappa shape index (κ3) is 2.59. The Kier molecular flexibility index (Phi) is 3.30. The molecule has 0 bridgehead atoms. The molecule has 3 aromatic rings. The maximum Gasteiger partial charge on any atom is 0.116 e. The molecule has 0 saturated heterocycles. The molecule has 2 aromatic carbocycles. The minimum Gasteiger partial charge on any atom is -0.236 e. The molecule has 0 aliphatic rings. The SMILES string of the molecule is Cc1ccc(-c2cc(-c3cccc(C)c3)ncn2)cc1. The van der Waals surface area contributed by atoms with Crippen LogP contribution < -0.4 is 0 Å². The lowest BCUT2D eigenvalue weighted by atomic mass is 10.1. The lowest BCUT2D eigenvalue weighted by Gasteiger charge is -2.05. The Labute approximate surface area is 119 Å². The fraction of sp³-hybridized carbons (Fsp3) is 0.111. The molecule has 0 unspecified atom stereocenters. The average Bonchev–Trinajstić information content (AvgIpc) is 2.48. The average molecular weight is 260 g/mol. The second-order valence-corrected chi connectivity index (χ2v) is 5.02. The van der Waals surface area contributed by atoms with Crippen molar-refractivity contribution in [1.82, 2.24) is 9.97 Å². The van der Waals surface area contributed by atoms with Gasteiger partial charge in [-0.15, -0.1) is 0 Å². The number of aromatic nitrogens is 2. The fourth-order valence-corrected chi connectivity index (χ4v) is 2.20. The molecule has 0 N–H and O–H groups in total. The van der Waals surface area contributed by atoms with Gasteiger partial charge in [0.05, 0.1) is 11.4 Å². The van der Waals surface area contributed by atoms with Crippen molar-refractivity contribution < 1.29 is 0 Å². The van der Waals surface area contributed by atoms with Crippen LogP contribution in [0.4, 0.5) is 0 Å². The molecule has 20 heavy (non-hydrogen) atoms. The zero-order chi connectivity index (χ0) is 13.9. The van der Waals surface area contributed by atoms with Gasteiger partial charge in [0.15, 0.2) is 0 Å². The highest BCUT2D eigenvalue weighted by atomic mass is 14.8. The van der Waals surface area contributed by atoms with E-state index in [1.54, 1.807) is 6.33 Å². The van der Waals surface area contributed by atoms with Gasteiger partial charge in [-0.05, 0) is 26.0 Å². The molecule has 0 amide bonds. The van der Waals surface area contributed by atoms with Crippen molar-refractivity contribution in [1.29, 1.82) is 0 Å². The van der Waals surface area contributed by atoms with Crippen LogP contribution >= 0.6 is 0 Å². The van der Waals surface area contributed by atoms with E-state index in [0.29, 0.717) is 0 Å². The lowest BCUT2D eigenvalue weighted by Crippen LogP contribution is -1.89. The largest absolute Gasteiger partial charge is 0.236 e. The Morgan fingerprint density at radius 1 is 0.650 bits per heavy atom. The normalized spacial score (nSPS) is 10.5. The summed E-state index contributed by atoms with van der Waals surface area (Å²) in [7, 11) is 0. The van der Waals surface area contributed by atoms with E-state index >= 15 is 0 Å². The Morgan fingerprint density at radius 3 is 2.05 bits per heavy atom. The van der Waals surface area contributed by atoms with Crippen LogP contribution in [0, 0.1) is 13.8 Å². The van der Waals surface area contributed by atoms with Gasteiger partial charge in [-0.3, -0.25) is 0 Å². The number of hydrogen-bond acceptors (Lipinski definition) is 2. The van der Waals surface area contributed by atoms with Crippen molar-refractivity contribution in [3.8, 4) is 22.5 Å². The second-order valence-electron chi connectivity index (χ2n) is 5.02. The van der Waals surface area contributed by atoms with Gasteiger partial charge in [-0.2, -0.15) is 0 Å². The van der Waals surface area contributed by atoms with Crippen molar-refractivity contribution in [2.45, 2.75) is 13.8 Å². The Morgan fingerprint density at radius 2 is 1.35 bits per heavy atom. The summed E-state index contributed by atoms with van der Waals surface area (Å²) in [6, 6.07) is 18.8. The van der Waals surface area contributed by atoms with Crippen molar-refractivity contribution in [3.63, 3.8) is 0 Å². The smallest absolute Gasteiger partial charge is 0.116 e. The first kappa shape index (κ1) is 12.5. The van der Waals surface area contributed by atoms with E-state index in [2.05, 4.69) is 72.3 Å². The predicted octanol–water partition coefficient (Wildman–Crippen LogP) is 4.43. The molecule has 0 aliphatic carbocycles. The molecule has 0 spiro atoms. The van der Waals surface area contributed by atoms with Crippen molar-refractivity contribution >= 4 is 0 Å². The van der Waals surface area contributed by atoms with Gasteiger partial charge in [-0.1, -0.05) is 53.6 Å². The van der Waals surface area contributed by atoms with E-state index in [1.165, 1.54) is 11.1 Å². The van der Waals surface area contributed by atoms with Gasteiger partial charge in [0.1, 0.15) is 6.33 Å². The molecule has 2 nitrogen and oxygen atoms in total. The Hall–Kier alpha value is -2.48. The summed E-state index contributed by atoms with van der Waals surface area (Å²) in [5.41, 5.74) is 6.64. The van der Waals surface area contributed by atoms with Crippen LogP contribution in [0.3, 0.4) is 0 Å². The van der Waals surface area contributed by atoms with E-state index in [-0.39, 0.29) is 0 Å². The Bertz CT molecular complexity index is 730. The standard InChI is InChI=1S/C18H16N2/c1-13-6-8-15(9-7-13)17-11-18(20-12-19-17)16-5-3-4-14(2)10-16/h3-12H,1-2H3. The van der Waals surface area contributed by atoms with Crippen LogP contribution in [0.2, 0.25) is 0 Å². The number of nitrogens with zero attached hydrogens (tertiary/aromatic N) is 2. The molecular weight excluding hydrogens is 244 g/mol. The molecule has 1 heterocycles. The van der Waals surface area contributed by atoms with Gasteiger partial charge in [0, 0.05) is 11.1 Å². The maximum atomic E-state index is 4.38. The fourth-order valence-electron chi connectivity index (χ4n) is 2.20. The molecule has 0 aliphatic heterocycles. The van der Waals surface area contributed by atoms with E-state index in [4.69, 9.17) is 0 Å². The topological polar surface area (TPSA) is 25.8 Å². The first-order chi connectivity index (χ1) is 9.72. The maximum absolute atomic E-state index is 4.38. The molecule has 2 heteroatoms. The molecule has 0 fully saturated rings. The van der Waals surface area contributed by atoms with Crippen LogP contribution in [-0.4, -0.2) is 9.97 Å². The second kappa shape index (κ2) is 5.25. The van der Waals surface area contributed by atoms with Gasteiger partial charge in [0.2, 0.25) is 0 Å². The van der Waals surface area contributed by atoms with Crippen LogP contribution in [0.1, 0.15) is 11.1 Å². The zero-order valence-corrected chi connectivity index (χ0v) is 11.7. The van der Waals surface area contributed by atoms with Gasteiger partial charge < -0.3 is 0 Å². The van der Waals surface area contributed by atoms with Crippen LogP contribution in [0.15, 0.2) is 60.9 Å². The number of hydrogen-bond donors (Lipinski definition) is 0. The molecule has 1 aromatic heterocycles.